The predicted molar refractivity (Wildman–Crippen MR) is 59.4 cm³/mol. The minimum atomic E-state index is 0.616. The highest BCUT2D eigenvalue weighted by Gasteiger charge is 2.10. The molecule has 1 aliphatic rings. The molecule has 0 spiro atoms. The van der Waals surface area contributed by atoms with Gasteiger partial charge in [-0.1, -0.05) is 5.92 Å². The standard InChI is InChI=1S/C12H13NO2/c1-2-3-6-13-10-4-5-11-12(9-10)15-8-7-14-11/h4-5,9,13H,6-8H2,1H3. The summed E-state index contributed by atoms with van der Waals surface area (Å²) in [6, 6.07) is 5.81. The number of nitrogens with one attached hydrogen (secondary N) is 1. The van der Waals surface area contributed by atoms with Crippen LogP contribution in [0.4, 0.5) is 5.69 Å². The second-order valence-corrected chi connectivity index (χ2v) is 3.14. The molecule has 1 heterocycles. The van der Waals surface area contributed by atoms with Gasteiger partial charge in [0.15, 0.2) is 11.5 Å². The SMILES string of the molecule is CC#CCNc1ccc2c(c1)OCCO2. The lowest BCUT2D eigenvalue weighted by Gasteiger charge is -2.18. The Labute approximate surface area is 89.4 Å². The Balaban J connectivity index is 2.09. The molecule has 1 aromatic rings. The minimum absolute atomic E-state index is 0.616. The smallest absolute Gasteiger partial charge is 0.163 e. The molecule has 0 radical (unpaired) electrons. The van der Waals surface area contributed by atoms with Gasteiger partial charge in [0.25, 0.3) is 0 Å². The van der Waals surface area contributed by atoms with Crippen LogP contribution >= 0.6 is 0 Å². The molecule has 2 rings (SSSR count). The molecule has 1 N–H and O–H groups in total. The number of rotatable bonds is 2. The quantitative estimate of drug-likeness (QED) is 0.744. The third kappa shape index (κ3) is 2.35. The van der Waals surface area contributed by atoms with Gasteiger partial charge in [0.2, 0.25) is 0 Å². The molecule has 78 valence electrons. The molecular formula is C12H13NO2. The number of benzene rings is 1. The van der Waals surface area contributed by atoms with Gasteiger partial charge >= 0.3 is 0 Å². The lowest BCUT2D eigenvalue weighted by molar-refractivity contribution is 0.171. The van der Waals surface area contributed by atoms with Crippen molar-refractivity contribution in [3.05, 3.63) is 18.2 Å². The normalized spacial score (nSPS) is 12.6. The fourth-order valence-corrected chi connectivity index (χ4v) is 1.39. The van der Waals surface area contributed by atoms with E-state index in [1.165, 1.54) is 0 Å². The Morgan fingerprint density at radius 3 is 2.87 bits per heavy atom. The highest BCUT2D eigenvalue weighted by molar-refractivity contribution is 5.55. The van der Waals surface area contributed by atoms with Crippen molar-refractivity contribution in [2.24, 2.45) is 0 Å². The summed E-state index contributed by atoms with van der Waals surface area (Å²) in [5, 5.41) is 3.19. The van der Waals surface area contributed by atoms with Crippen LogP contribution in [0.3, 0.4) is 0 Å². The van der Waals surface area contributed by atoms with E-state index in [4.69, 9.17) is 9.47 Å². The molecule has 0 aliphatic carbocycles. The Bertz CT molecular complexity index is 404. The van der Waals surface area contributed by atoms with Gasteiger partial charge in [-0.25, -0.2) is 0 Å². The fraction of sp³-hybridized carbons (Fsp3) is 0.333. The summed E-state index contributed by atoms with van der Waals surface area (Å²) >= 11 is 0. The van der Waals surface area contributed by atoms with E-state index < -0.39 is 0 Å². The first-order valence-corrected chi connectivity index (χ1v) is 4.93. The lowest BCUT2D eigenvalue weighted by Crippen LogP contribution is -2.15. The van der Waals surface area contributed by atoms with E-state index in [2.05, 4.69) is 17.2 Å². The van der Waals surface area contributed by atoms with Crippen molar-refractivity contribution >= 4 is 5.69 Å². The molecule has 0 atom stereocenters. The van der Waals surface area contributed by atoms with E-state index in [1.54, 1.807) is 0 Å². The van der Waals surface area contributed by atoms with Gasteiger partial charge in [-0.15, -0.1) is 5.92 Å². The van der Waals surface area contributed by atoms with Gasteiger partial charge in [-0.05, 0) is 19.1 Å². The first kappa shape index (κ1) is 9.72. The van der Waals surface area contributed by atoms with Crippen LogP contribution in [0, 0.1) is 11.8 Å². The topological polar surface area (TPSA) is 30.5 Å². The Hall–Kier alpha value is -1.82. The third-order valence-corrected chi connectivity index (χ3v) is 2.10. The lowest BCUT2D eigenvalue weighted by atomic mass is 10.2. The average molecular weight is 203 g/mol. The zero-order valence-electron chi connectivity index (χ0n) is 8.67. The van der Waals surface area contributed by atoms with E-state index in [-0.39, 0.29) is 0 Å². The zero-order chi connectivity index (χ0) is 10.5. The summed E-state index contributed by atoms with van der Waals surface area (Å²) in [7, 11) is 0. The van der Waals surface area contributed by atoms with Crippen LogP contribution in [-0.2, 0) is 0 Å². The van der Waals surface area contributed by atoms with E-state index in [0.29, 0.717) is 19.8 Å². The summed E-state index contributed by atoms with van der Waals surface area (Å²) in [5.41, 5.74) is 1.00. The van der Waals surface area contributed by atoms with Crippen LogP contribution in [-0.4, -0.2) is 19.8 Å². The number of anilines is 1. The first-order chi connectivity index (χ1) is 7.40. The molecule has 0 bridgehead atoms. The van der Waals surface area contributed by atoms with Crippen LogP contribution in [0.2, 0.25) is 0 Å². The third-order valence-electron chi connectivity index (χ3n) is 2.10. The Morgan fingerprint density at radius 2 is 2.07 bits per heavy atom. The summed E-state index contributed by atoms with van der Waals surface area (Å²) in [4.78, 5) is 0. The van der Waals surface area contributed by atoms with Gasteiger partial charge in [-0.2, -0.15) is 0 Å². The Kier molecular flexibility index (Phi) is 2.99. The second-order valence-electron chi connectivity index (χ2n) is 3.14. The fourth-order valence-electron chi connectivity index (χ4n) is 1.39. The van der Waals surface area contributed by atoms with Crippen LogP contribution in [0.1, 0.15) is 6.92 Å². The van der Waals surface area contributed by atoms with Crippen molar-refractivity contribution in [1.29, 1.82) is 0 Å². The molecule has 0 saturated carbocycles. The number of fused-ring (bicyclic) bond motifs is 1. The molecule has 0 saturated heterocycles. The summed E-state index contributed by atoms with van der Waals surface area (Å²) < 4.78 is 10.9. The number of hydrogen-bond donors (Lipinski definition) is 1. The molecule has 3 nitrogen and oxygen atoms in total. The molecule has 1 aromatic carbocycles. The van der Waals surface area contributed by atoms with Crippen molar-refractivity contribution in [2.45, 2.75) is 6.92 Å². The molecule has 3 heteroatoms. The van der Waals surface area contributed by atoms with Gasteiger partial charge in [0.05, 0.1) is 6.54 Å². The summed E-state index contributed by atoms with van der Waals surface area (Å²) in [6.45, 7) is 3.72. The maximum atomic E-state index is 5.47. The van der Waals surface area contributed by atoms with Crippen molar-refractivity contribution in [3.8, 4) is 23.3 Å². The maximum Gasteiger partial charge on any atom is 0.163 e. The molecule has 0 aromatic heterocycles. The van der Waals surface area contributed by atoms with Crippen molar-refractivity contribution in [2.75, 3.05) is 25.1 Å². The second kappa shape index (κ2) is 4.61. The average Bonchev–Trinajstić information content (AvgIpc) is 2.29. The van der Waals surface area contributed by atoms with Gasteiger partial charge in [-0.3, -0.25) is 0 Å². The predicted octanol–water partition coefficient (Wildman–Crippen LogP) is 1.89. The highest BCUT2D eigenvalue weighted by Crippen LogP contribution is 2.32. The number of ether oxygens (including phenoxy) is 2. The van der Waals surface area contributed by atoms with Crippen LogP contribution in [0.25, 0.3) is 0 Å². The van der Waals surface area contributed by atoms with Crippen LogP contribution < -0.4 is 14.8 Å². The van der Waals surface area contributed by atoms with Crippen LogP contribution in [0.5, 0.6) is 11.5 Å². The first-order valence-electron chi connectivity index (χ1n) is 4.93. The van der Waals surface area contributed by atoms with Gasteiger partial charge in [0.1, 0.15) is 13.2 Å². The van der Waals surface area contributed by atoms with Crippen molar-refractivity contribution < 1.29 is 9.47 Å². The summed E-state index contributed by atoms with van der Waals surface area (Å²) in [6.07, 6.45) is 0. The molecule has 0 unspecified atom stereocenters. The molecule has 1 aliphatic heterocycles. The van der Waals surface area contributed by atoms with E-state index in [0.717, 1.165) is 17.2 Å². The van der Waals surface area contributed by atoms with E-state index in [9.17, 15) is 0 Å². The summed E-state index contributed by atoms with van der Waals surface area (Å²) in [5.74, 6) is 7.39. The molecule has 0 fully saturated rings. The van der Waals surface area contributed by atoms with Crippen LogP contribution in [0.15, 0.2) is 18.2 Å². The maximum absolute atomic E-state index is 5.47. The van der Waals surface area contributed by atoms with Gasteiger partial charge < -0.3 is 14.8 Å². The minimum Gasteiger partial charge on any atom is -0.486 e. The monoisotopic (exact) mass is 203 g/mol. The van der Waals surface area contributed by atoms with E-state index >= 15 is 0 Å². The molecule has 0 amide bonds. The number of hydrogen-bond acceptors (Lipinski definition) is 3. The largest absolute Gasteiger partial charge is 0.486 e. The van der Waals surface area contributed by atoms with E-state index in [1.807, 2.05) is 25.1 Å². The highest BCUT2D eigenvalue weighted by atomic mass is 16.6. The van der Waals surface area contributed by atoms with Gasteiger partial charge in [0, 0.05) is 11.8 Å². The Morgan fingerprint density at radius 1 is 1.27 bits per heavy atom. The van der Waals surface area contributed by atoms with Crippen molar-refractivity contribution in [3.63, 3.8) is 0 Å². The zero-order valence-corrected chi connectivity index (χ0v) is 8.67. The molecular weight excluding hydrogens is 190 g/mol. The molecule has 15 heavy (non-hydrogen) atoms. The van der Waals surface area contributed by atoms with Crippen molar-refractivity contribution in [1.82, 2.24) is 0 Å².